The highest BCUT2D eigenvalue weighted by atomic mass is 127. The number of nitrogens with one attached hydrogen (secondary N) is 1. The van der Waals surface area contributed by atoms with Gasteiger partial charge in [0, 0.05) is 11.9 Å². The summed E-state index contributed by atoms with van der Waals surface area (Å²) in [6.07, 6.45) is 1.21. The molecule has 0 radical (unpaired) electrons. The fraction of sp³-hybridized carbons (Fsp3) is 0.235. The number of hydrogen-bond acceptors (Lipinski definition) is 3. The Labute approximate surface area is 160 Å². The van der Waals surface area contributed by atoms with Crippen LogP contribution in [0.1, 0.15) is 16.7 Å². The number of benzene rings is 2. The van der Waals surface area contributed by atoms with Crippen molar-refractivity contribution in [1.82, 2.24) is 0 Å². The van der Waals surface area contributed by atoms with E-state index in [0.29, 0.717) is 23.0 Å². The van der Waals surface area contributed by atoms with Crippen LogP contribution in [0.25, 0.3) is 0 Å². The normalized spacial score (nSPS) is 11.7. The average Bonchev–Trinajstić information content (AvgIpc) is 2.46. The maximum absolute atomic E-state index is 11.6. The van der Waals surface area contributed by atoms with Crippen molar-refractivity contribution in [1.29, 1.82) is 0 Å². The average molecular weight is 459 g/mol. The second-order valence-corrected chi connectivity index (χ2v) is 7.55. The van der Waals surface area contributed by atoms with Crippen molar-refractivity contribution < 1.29 is 8.42 Å². The Morgan fingerprint density at radius 3 is 2.29 bits per heavy atom. The number of aryl methyl sites for hydroxylation is 2. The van der Waals surface area contributed by atoms with E-state index < -0.39 is 9.84 Å². The molecule has 0 amide bonds. The van der Waals surface area contributed by atoms with Crippen LogP contribution in [-0.4, -0.2) is 20.6 Å². The molecule has 2 aromatic carbocycles. The van der Waals surface area contributed by atoms with Crippen molar-refractivity contribution in [2.75, 3.05) is 11.6 Å². The van der Waals surface area contributed by atoms with Crippen molar-refractivity contribution in [3.63, 3.8) is 0 Å². The Hall–Kier alpha value is -1.61. The molecule has 0 saturated carbocycles. The molecule has 24 heavy (non-hydrogen) atoms. The van der Waals surface area contributed by atoms with Crippen LogP contribution in [0.15, 0.2) is 52.4 Å². The van der Waals surface area contributed by atoms with Crippen LogP contribution in [-0.2, 0) is 16.4 Å². The largest absolute Gasteiger partial charge is 0.370 e. The number of aliphatic imine (C=N–C) groups is 1. The van der Waals surface area contributed by atoms with Crippen molar-refractivity contribution in [2.45, 2.75) is 25.3 Å². The Balaban J connectivity index is 0.00000288. The molecule has 0 aliphatic heterocycles. The van der Waals surface area contributed by atoms with Gasteiger partial charge in [-0.15, -0.1) is 24.0 Å². The highest BCUT2D eigenvalue weighted by molar-refractivity contribution is 14.0. The van der Waals surface area contributed by atoms with Gasteiger partial charge in [0.15, 0.2) is 15.8 Å². The number of sulfone groups is 1. The molecule has 0 atom stereocenters. The quantitative estimate of drug-likeness (QED) is 0.418. The Kier molecular flexibility index (Phi) is 7.22. The Morgan fingerprint density at radius 2 is 1.75 bits per heavy atom. The summed E-state index contributed by atoms with van der Waals surface area (Å²) < 4.78 is 23.2. The molecule has 5 nitrogen and oxygen atoms in total. The summed E-state index contributed by atoms with van der Waals surface area (Å²) in [7, 11) is -3.20. The zero-order valence-electron chi connectivity index (χ0n) is 13.9. The molecule has 0 bridgehead atoms. The van der Waals surface area contributed by atoms with E-state index in [9.17, 15) is 8.42 Å². The molecule has 3 N–H and O–H groups in total. The van der Waals surface area contributed by atoms with E-state index in [0.717, 1.165) is 11.3 Å². The predicted octanol–water partition coefficient (Wildman–Crippen LogP) is 3.25. The number of hydrogen-bond donors (Lipinski definition) is 2. The lowest BCUT2D eigenvalue weighted by atomic mass is 10.1. The topological polar surface area (TPSA) is 84.5 Å². The molecule has 0 saturated heterocycles. The Morgan fingerprint density at radius 1 is 1.12 bits per heavy atom. The first-order valence-electron chi connectivity index (χ1n) is 7.19. The van der Waals surface area contributed by atoms with Gasteiger partial charge in [-0.1, -0.05) is 29.8 Å². The van der Waals surface area contributed by atoms with E-state index >= 15 is 0 Å². The maximum atomic E-state index is 11.6. The number of anilines is 1. The van der Waals surface area contributed by atoms with Gasteiger partial charge in [-0.2, -0.15) is 0 Å². The minimum atomic E-state index is -3.20. The maximum Gasteiger partial charge on any atom is 0.193 e. The predicted molar refractivity (Wildman–Crippen MR) is 110 cm³/mol. The van der Waals surface area contributed by atoms with Gasteiger partial charge >= 0.3 is 0 Å². The molecule has 0 spiro atoms. The van der Waals surface area contributed by atoms with Gasteiger partial charge < -0.3 is 11.1 Å². The number of nitrogens with zero attached hydrogens (tertiary/aromatic N) is 1. The molecular formula is C17H22IN3O2S. The van der Waals surface area contributed by atoms with Crippen LogP contribution < -0.4 is 11.1 Å². The molecule has 130 valence electrons. The minimum absolute atomic E-state index is 0. The van der Waals surface area contributed by atoms with E-state index in [1.54, 1.807) is 19.1 Å². The van der Waals surface area contributed by atoms with Crippen molar-refractivity contribution in [2.24, 2.45) is 10.7 Å². The third kappa shape index (κ3) is 5.79. The summed E-state index contributed by atoms with van der Waals surface area (Å²) in [6, 6.07) is 13.0. The van der Waals surface area contributed by atoms with E-state index in [-0.39, 0.29) is 24.0 Å². The van der Waals surface area contributed by atoms with Crippen molar-refractivity contribution in [3.8, 4) is 0 Å². The van der Waals surface area contributed by atoms with E-state index in [4.69, 9.17) is 5.73 Å². The summed E-state index contributed by atoms with van der Waals surface area (Å²) in [4.78, 5) is 4.62. The third-order valence-corrected chi connectivity index (χ3v) is 4.65. The summed E-state index contributed by atoms with van der Waals surface area (Å²) in [5, 5.41) is 3.02. The zero-order valence-corrected chi connectivity index (χ0v) is 17.1. The van der Waals surface area contributed by atoms with E-state index in [2.05, 4.69) is 10.3 Å². The lowest BCUT2D eigenvalue weighted by molar-refractivity contribution is 0.601. The van der Waals surface area contributed by atoms with Crippen LogP contribution in [0, 0.1) is 13.8 Å². The first-order valence-corrected chi connectivity index (χ1v) is 9.08. The highest BCUT2D eigenvalue weighted by Gasteiger charge is 2.10. The summed E-state index contributed by atoms with van der Waals surface area (Å²) in [5.41, 5.74) is 9.54. The lowest BCUT2D eigenvalue weighted by Gasteiger charge is -2.08. The van der Waals surface area contributed by atoms with Gasteiger partial charge in [0.2, 0.25) is 0 Å². The van der Waals surface area contributed by atoms with Crippen LogP contribution in [0.5, 0.6) is 0 Å². The molecule has 0 aromatic heterocycles. The molecule has 0 fully saturated rings. The molecule has 2 rings (SSSR count). The summed E-state index contributed by atoms with van der Waals surface area (Å²) in [5.74, 6) is 0.318. The van der Waals surface area contributed by atoms with E-state index in [1.807, 2.05) is 37.3 Å². The Bertz CT molecular complexity index is 831. The number of nitrogens with two attached hydrogens (primary N) is 1. The van der Waals surface area contributed by atoms with Crippen molar-refractivity contribution >= 4 is 45.5 Å². The molecular weight excluding hydrogens is 437 g/mol. The standard InChI is InChI=1S/C17H21N3O2S.HI/c1-12-4-7-15(8-5-12)20-17(18)19-11-14-6-9-16(13(2)10-14)23(3,21)22;/h4-10H,11H2,1-3H3,(H3,18,19,20);1H. The summed E-state index contributed by atoms with van der Waals surface area (Å²) >= 11 is 0. The highest BCUT2D eigenvalue weighted by Crippen LogP contribution is 2.17. The molecule has 0 unspecified atom stereocenters. The first-order chi connectivity index (χ1) is 10.8. The van der Waals surface area contributed by atoms with E-state index in [1.165, 1.54) is 11.8 Å². The van der Waals surface area contributed by atoms with Crippen LogP contribution in [0.2, 0.25) is 0 Å². The summed E-state index contributed by atoms with van der Waals surface area (Å²) in [6.45, 7) is 4.18. The molecule has 0 heterocycles. The van der Waals surface area contributed by atoms with Gasteiger partial charge in [-0.05, 0) is 43.2 Å². The monoisotopic (exact) mass is 459 g/mol. The van der Waals surface area contributed by atoms with Crippen molar-refractivity contribution in [3.05, 3.63) is 59.2 Å². The second-order valence-electron chi connectivity index (χ2n) is 5.56. The molecule has 7 heteroatoms. The van der Waals surface area contributed by atoms with Crippen LogP contribution in [0.4, 0.5) is 5.69 Å². The molecule has 0 aliphatic rings. The number of halogens is 1. The van der Waals surface area contributed by atoms with Gasteiger partial charge in [0.25, 0.3) is 0 Å². The van der Waals surface area contributed by atoms with Crippen LogP contribution >= 0.6 is 24.0 Å². The molecule has 0 aliphatic carbocycles. The van der Waals surface area contributed by atoms with Gasteiger partial charge in [0.05, 0.1) is 11.4 Å². The smallest absolute Gasteiger partial charge is 0.193 e. The molecule has 2 aromatic rings. The number of guanidine groups is 1. The fourth-order valence-corrected chi connectivity index (χ4v) is 3.19. The van der Waals surface area contributed by atoms with Gasteiger partial charge in [-0.3, -0.25) is 0 Å². The fourth-order valence-electron chi connectivity index (χ4n) is 2.23. The SMILES string of the molecule is Cc1ccc(NC(N)=NCc2ccc(S(C)(=O)=O)c(C)c2)cc1.I. The lowest BCUT2D eigenvalue weighted by Crippen LogP contribution is -2.22. The second kappa shape index (κ2) is 8.48. The first kappa shape index (κ1) is 20.4. The van der Waals surface area contributed by atoms with Gasteiger partial charge in [-0.25, -0.2) is 13.4 Å². The zero-order chi connectivity index (χ0) is 17.0. The third-order valence-electron chi connectivity index (χ3n) is 3.39. The van der Waals surface area contributed by atoms with Gasteiger partial charge in [0.1, 0.15) is 0 Å². The van der Waals surface area contributed by atoms with Crippen LogP contribution in [0.3, 0.4) is 0 Å². The minimum Gasteiger partial charge on any atom is -0.370 e. The number of rotatable bonds is 4.